The van der Waals surface area contributed by atoms with E-state index in [0.717, 1.165) is 5.69 Å². The van der Waals surface area contributed by atoms with E-state index in [-0.39, 0.29) is 12.2 Å². The van der Waals surface area contributed by atoms with E-state index in [4.69, 9.17) is 5.73 Å². The van der Waals surface area contributed by atoms with Crippen LogP contribution in [-0.2, 0) is 6.42 Å². The van der Waals surface area contributed by atoms with E-state index in [2.05, 4.69) is 10.1 Å². The Morgan fingerprint density at radius 3 is 2.76 bits per heavy atom. The molecule has 2 aromatic rings. The minimum atomic E-state index is -0.0242. The van der Waals surface area contributed by atoms with E-state index in [0.29, 0.717) is 17.4 Å². The molecule has 1 aliphatic rings. The zero-order chi connectivity index (χ0) is 14.7. The third kappa shape index (κ3) is 3.29. The molecule has 0 amide bonds. The number of nitrogens with zero attached hydrogens (tertiary/aromatic N) is 3. The Balaban J connectivity index is 1.66. The quantitative estimate of drug-likeness (QED) is 0.876. The van der Waals surface area contributed by atoms with Gasteiger partial charge in [0.25, 0.3) is 0 Å². The van der Waals surface area contributed by atoms with Crippen LogP contribution in [0.25, 0.3) is 0 Å². The van der Waals surface area contributed by atoms with Crippen molar-refractivity contribution in [3.8, 4) is 0 Å². The van der Waals surface area contributed by atoms with Gasteiger partial charge in [-0.3, -0.25) is 14.5 Å². The van der Waals surface area contributed by atoms with Crippen molar-refractivity contribution in [2.24, 2.45) is 0 Å². The highest BCUT2D eigenvalue weighted by Gasteiger charge is 2.17. The number of carbonyl (C=O) groups excluding carboxylic acids is 1. The lowest BCUT2D eigenvalue weighted by Gasteiger charge is -2.21. The largest absolute Gasteiger partial charge is 0.397 e. The molecule has 5 heteroatoms. The molecule has 0 saturated heterocycles. The molecular weight excluding hydrogens is 264 g/mol. The maximum atomic E-state index is 12.2. The second-order valence-electron chi connectivity index (χ2n) is 5.66. The summed E-state index contributed by atoms with van der Waals surface area (Å²) in [5.74, 6) is -0.0242. The third-order valence-electron chi connectivity index (χ3n) is 4.03. The number of carbonyl (C=O) groups is 1. The van der Waals surface area contributed by atoms with Crippen LogP contribution < -0.4 is 5.73 Å². The lowest BCUT2D eigenvalue weighted by Crippen LogP contribution is -2.14. The summed E-state index contributed by atoms with van der Waals surface area (Å²) in [6.45, 7) is 0. The van der Waals surface area contributed by atoms with Gasteiger partial charge in [-0.05, 0) is 31.0 Å². The van der Waals surface area contributed by atoms with Gasteiger partial charge in [0.2, 0.25) is 0 Å². The Bertz CT molecular complexity index is 611. The first-order chi connectivity index (χ1) is 10.2. The fourth-order valence-electron chi connectivity index (χ4n) is 2.85. The topological polar surface area (TPSA) is 73.8 Å². The van der Waals surface area contributed by atoms with Crippen molar-refractivity contribution in [1.29, 1.82) is 0 Å². The minimum Gasteiger partial charge on any atom is -0.397 e. The normalized spacial score (nSPS) is 16.0. The number of nitrogen functional groups attached to an aromatic ring is 1. The average molecular weight is 284 g/mol. The van der Waals surface area contributed by atoms with Gasteiger partial charge < -0.3 is 5.73 Å². The van der Waals surface area contributed by atoms with Gasteiger partial charge in [0, 0.05) is 6.20 Å². The van der Waals surface area contributed by atoms with E-state index < -0.39 is 0 Å². The molecule has 0 bridgehead atoms. The Labute approximate surface area is 124 Å². The number of pyridine rings is 1. The number of anilines is 1. The second kappa shape index (κ2) is 6.08. The molecule has 5 nitrogen and oxygen atoms in total. The van der Waals surface area contributed by atoms with Gasteiger partial charge in [0.1, 0.15) is 5.69 Å². The van der Waals surface area contributed by atoms with Gasteiger partial charge in [0.05, 0.1) is 30.0 Å². The summed E-state index contributed by atoms with van der Waals surface area (Å²) in [6, 6.07) is 5.79. The number of hydrogen-bond donors (Lipinski definition) is 1. The van der Waals surface area contributed by atoms with Crippen LogP contribution >= 0.6 is 0 Å². The van der Waals surface area contributed by atoms with Crippen molar-refractivity contribution in [3.05, 3.63) is 42.0 Å². The number of rotatable bonds is 4. The number of Topliss-reactive ketones (excluding diaryl/α,β-unsaturated/α-hetero) is 1. The molecule has 2 aromatic heterocycles. The summed E-state index contributed by atoms with van der Waals surface area (Å²) in [6.07, 6.45) is 10.0. The van der Waals surface area contributed by atoms with Crippen molar-refractivity contribution in [2.45, 2.75) is 44.6 Å². The van der Waals surface area contributed by atoms with Gasteiger partial charge in [-0.15, -0.1) is 0 Å². The van der Waals surface area contributed by atoms with E-state index in [1.54, 1.807) is 12.1 Å². The predicted octanol–water partition coefficient (Wildman–Crippen LogP) is 2.79. The smallest absolute Gasteiger partial charge is 0.187 e. The fraction of sp³-hybridized carbons (Fsp3) is 0.438. The van der Waals surface area contributed by atoms with Gasteiger partial charge in [-0.25, -0.2) is 0 Å². The number of nitrogens with two attached hydrogens (primary N) is 1. The summed E-state index contributed by atoms with van der Waals surface area (Å²) >= 11 is 0. The first-order valence-corrected chi connectivity index (χ1v) is 7.51. The van der Waals surface area contributed by atoms with Crippen molar-refractivity contribution in [3.63, 3.8) is 0 Å². The summed E-state index contributed by atoms with van der Waals surface area (Å²) in [5.41, 5.74) is 7.39. The lowest BCUT2D eigenvalue weighted by atomic mass is 9.96. The molecule has 0 atom stereocenters. The van der Waals surface area contributed by atoms with E-state index in [9.17, 15) is 4.79 Å². The number of hydrogen-bond acceptors (Lipinski definition) is 4. The standard InChI is InChI=1S/C16H20N4O/c17-12-6-7-15(18-11-12)16(21)10-13-8-9-20(19-13)14-4-2-1-3-5-14/h6-9,11,14H,1-5,10,17H2. The van der Waals surface area contributed by atoms with Crippen LogP contribution in [0.15, 0.2) is 30.6 Å². The second-order valence-corrected chi connectivity index (χ2v) is 5.66. The number of ketones is 1. The first kappa shape index (κ1) is 13.8. The van der Waals surface area contributed by atoms with Crippen LogP contribution in [-0.4, -0.2) is 20.5 Å². The highest BCUT2D eigenvalue weighted by Crippen LogP contribution is 2.27. The molecular formula is C16H20N4O. The van der Waals surface area contributed by atoms with Gasteiger partial charge in [0.15, 0.2) is 5.78 Å². The fourth-order valence-corrected chi connectivity index (χ4v) is 2.85. The highest BCUT2D eigenvalue weighted by atomic mass is 16.1. The van der Waals surface area contributed by atoms with E-state index in [1.807, 2.05) is 16.9 Å². The molecule has 1 aliphatic carbocycles. The van der Waals surface area contributed by atoms with E-state index in [1.165, 1.54) is 38.3 Å². The number of aromatic nitrogens is 3. The van der Waals surface area contributed by atoms with Crippen LogP contribution in [0.5, 0.6) is 0 Å². The zero-order valence-electron chi connectivity index (χ0n) is 12.0. The summed E-state index contributed by atoms with van der Waals surface area (Å²) in [7, 11) is 0. The van der Waals surface area contributed by atoms with Crippen molar-refractivity contribution in [2.75, 3.05) is 5.73 Å². The predicted molar refractivity (Wildman–Crippen MR) is 81.0 cm³/mol. The maximum Gasteiger partial charge on any atom is 0.187 e. The molecule has 0 aliphatic heterocycles. The Kier molecular flexibility index (Phi) is 3.99. The minimum absolute atomic E-state index is 0.0242. The van der Waals surface area contributed by atoms with Crippen molar-refractivity contribution < 1.29 is 4.79 Å². The average Bonchev–Trinajstić information content (AvgIpc) is 2.97. The SMILES string of the molecule is Nc1ccc(C(=O)Cc2ccn(C3CCCCC3)n2)nc1. The zero-order valence-corrected chi connectivity index (χ0v) is 12.0. The third-order valence-corrected chi connectivity index (χ3v) is 4.03. The van der Waals surface area contributed by atoms with Crippen LogP contribution in [0.1, 0.15) is 54.3 Å². The molecule has 3 rings (SSSR count). The molecule has 1 fully saturated rings. The molecule has 2 heterocycles. The van der Waals surface area contributed by atoms with Crippen LogP contribution in [0.2, 0.25) is 0 Å². The van der Waals surface area contributed by atoms with Gasteiger partial charge in [-0.1, -0.05) is 19.3 Å². The maximum absolute atomic E-state index is 12.2. The van der Waals surface area contributed by atoms with Gasteiger partial charge >= 0.3 is 0 Å². The Morgan fingerprint density at radius 2 is 2.05 bits per heavy atom. The molecule has 0 aromatic carbocycles. The summed E-state index contributed by atoms with van der Waals surface area (Å²) in [5, 5.41) is 4.56. The monoisotopic (exact) mass is 284 g/mol. The van der Waals surface area contributed by atoms with Crippen LogP contribution in [0.3, 0.4) is 0 Å². The molecule has 1 saturated carbocycles. The molecule has 0 spiro atoms. The molecule has 21 heavy (non-hydrogen) atoms. The molecule has 0 radical (unpaired) electrons. The highest BCUT2D eigenvalue weighted by molar-refractivity contribution is 5.95. The van der Waals surface area contributed by atoms with Crippen molar-refractivity contribution >= 4 is 11.5 Å². The van der Waals surface area contributed by atoms with E-state index >= 15 is 0 Å². The van der Waals surface area contributed by atoms with Crippen molar-refractivity contribution in [1.82, 2.24) is 14.8 Å². The molecule has 110 valence electrons. The van der Waals surface area contributed by atoms with Crippen LogP contribution in [0, 0.1) is 0 Å². The lowest BCUT2D eigenvalue weighted by molar-refractivity contribution is 0.0987. The first-order valence-electron chi connectivity index (χ1n) is 7.51. The molecule has 0 unspecified atom stereocenters. The van der Waals surface area contributed by atoms with Crippen LogP contribution in [0.4, 0.5) is 5.69 Å². The van der Waals surface area contributed by atoms with Gasteiger partial charge in [-0.2, -0.15) is 5.10 Å². The Morgan fingerprint density at radius 1 is 1.24 bits per heavy atom. The summed E-state index contributed by atoms with van der Waals surface area (Å²) in [4.78, 5) is 16.2. The summed E-state index contributed by atoms with van der Waals surface area (Å²) < 4.78 is 2.03. The molecule has 2 N–H and O–H groups in total. The Hall–Kier alpha value is -2.17.